The molecule has 1 aliphatic heterocycles. The number of piperazine rings is 1. The molecule has 0 atom stereocenters. The molecule has 0 unspecified atom stereocenters. The Kier molecular flexibility index (Phi) is 8.05. The maximum absolute atomic E-state index is 12.9. The zero-order valence-corrected chi connectivity index (χ0v) is 22.9. The molecule has 1 N–H and O–H groups in total. The lowest BCUT2D eigenvalue weighted by atomic mass is 10.1. The Morgan fingerprint density at radius 1 is 0.846 bits per heavy atom. The van der Waals surface area contributed by atoms with Crippen LogP contribution in [0.3, 0.4) is 0 Å². The molecule has 39 heavy (non-hydrogen) atoms. The molecule has 1 fully saturated rings. The fraction of sp³-hybridized carbons (Fsp3) is 0.161. The largest absolute Gasteiger partial charge is 0.457 e. The van der Waals surface area contributed by atoms with Crippen LogP contribution in [-0.4, -0.2) is 42.9 Å². The normalized spacial score (nSPS) is 13.6. The molecule has 1 saturated heterocycles. The van der Waals surface area contributed by atoms with E-state index in [1.807, 2.05) is 66.4 Å². The van der Waals surface area contributed by atoms with Gasteiger partial charge in [-0.15, -0.1) is 0 Å². The second-order valence-corrected chi connectivity index (χ2v) is 10.1. The number of anilines is 2. The number of aryl methyl sites for hydroxylation is 1. The van der Waals surface area contributed by atoms with Crippen molar-refractivity contribution >= 4 is 52.5 Å². The average molecular weight is 560 g/mol. The Hall–Kier alpha value is -4.00. The summed E-state index contributed by atoms with van der Waals surface area (Å²) in [4.78, 5) is 29.7. The summed E-state index contributed by atoms with van der Waals surface area (Å²) >= 11 is 12.8. The predicted octanol–water partition coefficient (Wildman–Crippen LogP) is 7.18. The molecule has 198 valence electrons. The molecule has 0 bridgehead atoms. The molecule has 0 radical (unpaired) electrons. The van der Waals surface area contributed by atoms with Crippen LogP contribution in [0.1, 0.15) is 21.7 Å². The highest BCUT2D eigenvalue weighted by molar-refractivity contribution is 6.34. The molecule has 6 nitrogen and oxygen atoms in total. The highest BCUT2D eigenvalue weighted by Crippen LogP contribution is 2.35. The van der Waals surface area contributed by atoms with Gasteiger partial charge >= 0.3 is 0 Å². The van der Waals surface area contributed by atoms with Crippen LogP contribution >= 0.6 is 23.2 Å². The number of rotatable bonds is 6. The van der Waals surface area contributed by atoms with Crippen LogP contribution in [0.2, 0.25) is 10.0 Å². The van der Waals surface area contributed by atoms with Crippen LogP contribution < -0.4 is 10.2 Å². The van der Waals surface area contributed by atoms with E-state index in [4.69, 9.17) is 27.6 Å². The number of benzene rings is 3. The van der Waals surface area contributed by atoms with Crippen LogP contribution in [0.5, 0.6) is 0 Å². The topological polar surface area (TPSA) is 65.8 Å². The lowest BCUT2D eigenvalue weighted by Crippen LogP contribution is -2.49. The molecule has 5 rings (SSSR count). The van der Waals surface area contributed by atoms with E-state index < -0.39 is 0 Å². The molecule has 0 saturated carbocycles. The molecule has 2 amide bonds. The number of halogens is 2. The second kappa shape index (κ2) is 11.8. The van der Waals surface area contributed by atoms with Crippen LogP contribution in [-0.2, 0) is 4.79 Å². The average Bonchev–Trinajstić information content (AvgIpc) is 3.41. The number of nitrogens with one attached hydrogen (secondary N) is 1. The van der Waals surface area contributed by atoms with Gasteiger partial charge in [-0.05, 0) is 61.5 Å². The number of amides is 2. The first-order valence-corrected chi connectivity index (χ1v) is 13.4. The van der Waals surface area contributed by atoms with Crippen LogP contribution in [0.4, 0.5) is 11.4 Å². The summed E-state index contributed by atoms with van der Waals surface area (Å²) in [7, 11) is 0. The maximum Gasteiger partial charge on any atom is 0.253 e. The monoisotopic (exact) mass is 559 g/mol. The van der Waals surface area contributed by atoms with E-state index >= 15 is 0 Å². The number of furan rings is 1. The molecule has 4 aromatic rings. The number of hydrogen-bond acceptors (Lipinski definition) is 4. The summed E-state index contributed by atoms with van der Waals surface area (Å²) in [5, 5.41) is 4.06. The fourth-order valence-corrected chi connectivity index (χ4v) is 5.05. The minimum Gasteiger partial charge on any atom is -0.457 e. The van der Waals surface area contributed by atoms with E-state index in [2.05, 4.69) is 10.2 Å². The van der Waals surface area contributed by atoms with E-state index in [9.17, 15) is 9.59 Å². The van der Waals surface area contributed by atoms with Crippen molar-refractivity contribution in [1.29, 1.82) is 0 Å². The molecule has 0 aliphatic carbocycles. The van der Waals surface area contributed by atoms with Gasteiger partial charge in [-0.3, -0.25) is 9.59 Å². The zero-order chi connectivity index (χ0) is 27.4. The molecule has 3 aromatic carbocycles. The molecule has 8 heteroatoms. The Morgan fingerprint density at radius 2 is 1.56 bits per heavy atom. The van der Waals surface area contributed by atoms with Gasteiger partial charge in [0.25, 0.3) is 5.91 Å². The summed E-state index contributed by atoms with van der Waals surface area (Å²) in [5.41, 5.74) is 3.93. The summed E-state index contributed by atoms with van der Waals surface area (Å²) in [5.74, 6) is 0.851. The molecule has 2 heterocycles. The van der Waals surface area contributed by atoms with Crippen molar-refractivity contribution in [3.05, 3.63) is 112 Å². The lowest BCUT2D eigenvalue weighted by Gasteiger charge is -2.37. The van der Waals surface area contributed by atoms with E-state index in [1.165, 1.54) is 6.08 Å². The third-order valence-electron chi connectivity index (χ3n) is 6.59. The third kappa shape index (κ3) is 6.19. The van der Waals surface area contributed by atoms with Gasteiger partial charge in [-0.1, -0.05) is 59.1 Å². The van der Waals surface area contributed by atoms with Crippen LogP contribution in [0, 0.1) is 6.92 Å². The molecule has 1 aromatic heterocycles. The predicted molar refractivity (Wildman–Crippen MR) is 158 cm³/mol. The highest BCUT2D eigenvalue weighted by atomic mass is 35.5. The number of carbonyl (C=O) groups is 2. The van der Waals surface area contributed by atoms with E-state index in [-0.39, 0.29) is 11.8 Å². The van der Waals surface area contributed by atoms with Gasteiger partial charge < -0.3 is 19.5 Å². The number of nitrogens with zero attached hydrogens (tertiary/aromatic N) is 2. The van der Waals surface area contributed by atoms with E-state index in [1.54, 1.807) is 30.3 Å². The fourth-order valence-electron chi connectivity index (χ4n) is 4.53. The van der Waals surface area contributed by atoms with Gasteiger partial charge in [0.05, 0.1) is 21.4 Å². The summed E-state index contributed by atoms with van der Waals surface area (Å²) < 4.78 is 5.84. The van der Waals surface area contributed by atoms with Crippen molar-refractivity contribution in [3.8, 4) is 11.3 Å². The maximum atomic E-state index is 12.9. The second-order valence-electron chi connectivity index (χ2n) is 9.29. The Morgan fingerprint density at radius 3 is 2.31 bits per heavy atom. The van der Waals surface area contributed by atoms with Crippen molar-refractivity contribution in [3.63, 3.8) is 0 Å². The van der Waals surface area contributed by atoms with Crippen molar-refractivity contribution in [2.75, 3.05) is 36.4 Å². The lowest BCUT2D eigenvalue weighted by molar-refractivity contribution is -0.111. The van der Waals surface area contributed by atoms with Gasteiger partial charge in [0.2, 0.25) is 5.91 Å². The van der Waals surface area contributed by atoms with Crippen molar-refractivity contribution in [2.24, 2.45) is 0 Å². The quantitative estimate of drug-likeness (QED) is 0.254. The highest BCUT2D eigenvalue weighted by Gasteiger charge is 2.25. The third-order valence-corrected chi connectivity index (χ3v) is 7.23. The van der Waals surface area contributed by atoms with Gasteiger partial charge in [-0.2, -0.15) is 0 Å². The summed E-state index contributed by atoms with van der Waals surface area (Å²) in [6, 6.07) is 24.0. The first kappa shape index (κ1) is 26.6. The van der Waals surface area contributed by atoms with Gasteiger partial charge in [-0.25, -0.2) is 0 Å². The number of hydrogen-bond donors (Lipinski definition) is 1. The molecule has 1 aliphatic rings. The first-order chi connectivity index (χ1) is 18.9. The Bertz CT molecular complexity index is 1520. The Labute approximate surface area is 237 Å². The SMILES string of the molecule is Cc1ccc(C(=O)N2CCN(c3c(Cl)cccc3NC(=O)/C=C/c3ccc(-c4ccccc4Cl)o3)CC2)cc1. The Balaban J connectivity index is 1.24. The van der Waals surface area contributed by atoms with Crippen molar-refractivity contribution in [2.45, 2.75) is 6.92 Å². The van der Waals surface area contributed by atoms with E-state index in [0.717, 1.165) is 16.8 Å². The molecule has 0 spiro atoms. The molecular weight excluding hydrogens is 533 g/mol. The summed E-state index contributed by atoms with van der Waals surface area (Å²) in [6.07, 6.45) is 3.02. The number of carbonyl (C=O) groups excluding carboxylic acids is 2. The van der Waals surface area contributed by atoms with Crippen molar-refractivity contribution < 1.29 is 14.0 Å². The smallest absolute Gasteiger partial charge is 0.253 e. The van der Waals surface area contributed by atoms with Crippen LogP contribution in [0.15, 0.2) is 89.4 Å². The van der Waals surface area contributed by atoms with Crippen LogP contribution in [0.25, 0.3) is 17.4 Å². The van der Waals surface area contributed by atoms with Gasteiger partial charge in [0, 0.05) is 43.4 Å². The zero-order valence-electron chi connectivity index (χ0n) is 21.4. The van der Waals surface area contributed by atoms with Gasteiger partial charge in [0.1, 0.15) is 11.5 Å². The van der Waals surface area contributed by atoms with Gasteiger partial charge in [0.15, 0.2) is 0 Å². The molecular formula is C31H27Cl2N3O3. The summed E-state index contributed by atoms with van der Waals surface area (Å²) in [6.45, 7) is 4.29. The van der Waals surface area contributed by atoms with E-state index in [0.29, 0.717) is 59.0 Å². The first-order valence-electron chi connectivity index (χ1n) is 12.6. The minimum atomic E-state index is -0.317. The standard InChI is InChI=1S/C31H27Cl2N3O3/c1-21-9-11-22(12-10-21)31(38)36-19-17-35(18-20-36)30-26(33)7-4-8-27(30)34-29(37)16-14-23-13-15-28(39-23)24-5-2-3-6-25(24)32/h2-16H,17-20H2,1H3,(H,34,37)/b16-14+. The van der Waals surface area contributed by atoms with Crippen molar-refractivity contribution in [1.82, 2.24) is 4.90 Å². The minimum absolute atomic E-state index is 0.0168. The number of para-hydroxylation sites is 1.